The van der Waals surface area contributed by atoms with Crippen LogP contribution in [0.25, 0.3) is 0 Å². The summed E-state index contributed by atoms with van der Waals surface area (Å²) in [5, 5.41) is 2.65. The zero-order valence-electron chi connectivity index (χ0n) is 13.2. The Kier molecular flexibility index (Phi) is 3.57. The lowest BCUT2D eigenvalue weighted by molar-refractivity contribution is 0.602. The van der Waals surface area contributed by atoms with Crippen molar-refractivity contribution in [2.75, 3.05) is 0 Å². The third-order valence-electron chi connectivity index (χ3n) is 4.92. The summed E-state index contributed by atoms with van der Waals surface area (Å²) in [6.07, 6.45) is 2.33. The number of hydrogen-bond acceptors (Lipinski definition) is 3. The third-order valence-corrected chi connectivity index (χ3v) is 7.46. The molecule has 3 aromatic rings. The summed E-state index contributed by atoms with van der Waals surface area (Å²) in [5.74, 6) is 0.482. The van der Waals surface area contributed by atoms with Gasteiger partial charge >= 0.3 is 0 Å². The van der Waals surface area contributed by atoms with Crippen molar-refractivity contribution in [1.82, 2.24) is 0 Å². The van der Waals surface area contributed by atoms with Gasteiger partial charge in [0.1, 0.15) is 0 Å². The van der Waals surface area contributed by atoms with Crippen LogP contribution in [0.5, 0.6) is 0 Å². The van der Waals surface area contributed by atoms with Gasteiger partial charge in [-0.25, -0.2) is 0 Å². The molecule has 0 fully saturated rings. The standard InChI is InChI=1S/C21H17NS2/c1-2-7-15-14(6-1)11-12-16-20(15)22-17-8-3-4-9-18(17)24-21(16)19-10-5-13-23-19/h1-10,13,16,21H,11-12H2/t16-,21-/m1/s1. The summed E-state index contributed by atoms with van der Waals surface area (Å²) in [6, 6.07) is 21.9. The van der Waals surface area contributed by atoms with Crippen molar-refractivity contribution in [2.45, 2.75) is 23.0 Å². The van der Waals surface area contributed by atoms with E-state index in [1.165, 1.54) is 33.0 Å². The predicted octanol–water partition coefficient (Wildman–Crippen LogP) is 6.28. The number of thiophene rings is 1. The fraction of sp³-hybridized carbons (Fsp3) is 0.190. The first-order valence-corrected chi connectivity index (χ1v) is 10.1. The van der Waals surface area contributed by atoms with Crippen LogP contribution in [-0.2, 0) is 6.42 Å². The van der Waals surface area contributed by atoms with E-state index in [1.54, 1.807) is 0 Å². The molecule has 1 aromatic heterocycles. The first-order chi connectivity index (χ1) is 11.9. The molecule has 0 saturated heterocycles. The molecule has 2 heterocycles. The summed E-state index contributed by atoms with van der Waals surface area (Å²) in [6.45, 7) is 0. The molecule has 2 aliphatic rings. The predicted molar refractivity (Wildman–Crippen MR) is 104 cm³/mol. The monoisotopic (exact) mass is 347 g/mol. The van der Waals surface area contributed by atoms with Crippen LogP contribution in [0.15, 0.2) is 75.9 Å². The minimum Gasteiger partial charge on any atom is -0.251 e. The Morgan fingerprint density at radius 2 is 1.79 bits per heavy atom. The van der Waals surface area contributed by atoms with Crippen LogP contribution in [0, 0.1) is 5.92 Å². The molecule has 0 spiro atoms. The molecular weight excluding hydrogens is 330 g/mol. The molecule has 5 rings (SSSR count). The number of fused-ring (bicyclic) bond motifs is 4. The lowest BCUT2D eigenvalue weighted by atomic mass is 9.80. The Labute approximate surface area is 150 Å². The fourth-order valence-corrected chi connectivity index (χ4v) is 6.15. The second-order valence-electron chi connectivity index (χ2n) is 6.32. The van der Waals surface area contributed by atoms with Gasteiger partial charge in [0.2, 0.25) is 0 Å². The van der Waals surface area contributed by atoms with Gasteiger partial charge in [-0.15, -0.1) is 23.1 Å². The topological polar surface area (TPSA) is 12.4 Å². The summed E-state index contributed by atoms with van der Waals surface area (Å²) >= 11 is 3.87. The van der Waals surface area contributed by atoms with E-state index in [0.717, 1.165) is 12.1 Å². The lowest BCUT2D eigenvalue weighted by Crippen LogP contribution is -2.26. The molecule has 2 atom stereocenters. The maximum Gasteiger partial charge on any atom is 0.0769 e. The highest BCUT2D eigenvalue weighted by atomic mass is 32.2. The van der Waals surface area contributed by atoms with Crippen LogP contribution in [0.2, 0.25) is 0 Å². The van der Waals surface area contributed by atoms with Crippen LogP contribution in [-0.4, -0.2) is 5.71 Å². The third kappa shape index (κ3) is 2.35. The van der Waals surface area contributed by atoms with Gasteiger partial charge in [-0.2, -0.15) is 0 Å². The van der Waals surface area contributed by atoms with Gasteiger partial charge in [-0.05, 0) is 47.5 Å². The molecule has 1 aliphatic carbocycles. The lowest BCUT2D eigenvalue weighted by Gasteiger charge is -2.30. The second-order valence-corrected chi connectivity index (χ2v) is 8.48. The first kappa shape index (κ1) is 14.5. The molecule has 0 bridgehead atoms. The van der Waals surface area contributed by atoms with Crippen molar-refractivity contribution in [3.63, 3.8) is 0 Å². The van der Waals surface area contributed by atoms with E-state index < -0.39 is 0 Å². The Balaban J connectivity index is 1.73. The Morgan fingerprint density at radius 3 is 2.71 bits per heavy atom. The molecule has 0 radical (unpaired) electrons. The molecule has 1 aliphatic heterocycles. The molecule has 24 heavy (non-hydrogen) atoms. The highest BCUT2D eigenvalue weighted by Crippen LogP contribution is 2.51. The quantitative estimate of drug-likeness (QED) is 0.505. The largest absolute Gasteiger partial charge is 0.251 e. The van der Waals surface area contributed by atoms with Crippen molar-refractivity contribution in [1.29, 1.82) is 0 Å². The van der Waals surface area contributed by atoms with Crippen LogP contribution in [0.3, 0.4) is 0 Å². The van der Waals surface area contributed by atoms with Crippen LogP contribution < -0.4 is 0 Å². The van der Waals surface area contributed by atoms with Gasteiger partial charge in [0.15, 0.2) is 0 Å². The molecule has 2 aromatic carbocycles. The van der Waals surface area contributed by atoms with Gasteiger partial charge in [0, 0.05) is 15.7 Å². The molecule has 1 nitrogen and oxygen atoms in total. The Hall–Kier alpha value is -1.84. The number of nitrogens with zero attached hydrogens (tertiary/aromatic N) is 1. The molecule has 3 heteroatoms. The Bertz CT molecular complexity index is 911. The number of hydrogen-bond donors (Lipinski definition) is 0. The fourth-order valence-electron chi connectivity index (χ4n) is 3.78. The summed E-state index contributed by atoms with van der Waals surface area (Å²) in [5.41, 5.74) is 5.21. The number of aryl methyl sites for hydroxylation is 1. The molecule has 0 amide bonds. The van der Waals surface area contributed by atoms with Gasteiger partial charge in [0.25, 0.3) is 0 Å². The van der Waals surface area contributed by atoms with Crippen molar-refractivity contribution in [2.24, 2.45) is 10.9 Å². The van der Waals surface area contributed by atoms with Crippen molar-refractivity contribution in [3.05, 3.63) is 82.0 Å². The normalized spacial score (nSPS) is 21.9. The summed E-state index contributed by atoms with van der Waals surface area (Å²) < 4.78 is 0. The van der Waals surface area contributed by atoms with Gasteiger partial charge in [-0.3, -0.25) is 4.99 Å². The molecule has 0 saturated carbocycles. The minimum atomic E-state index is 0.459. The number of benzene rings is 2. The molecule has 118 valence electrons. The first-order valence-electron chi connectivity index (χ1n) is 8.36. The van der Waals surface area contributed by atoms with Gasteiger partial charge in [0.05, 0.1) is 16.6 Å². The van der Waals surface area contributed by atoms with Crippen LogP contribution in [0.4, 0.5) is 5.69 Å². The van der Waals surface area contributed by atoms with Crippen LogP contribution >= 0.6 is 23.1 Å². The maximum atomic E-state index is 5.16. The average molecular weight is 348 g/mol. The van der Waals surface area contributed by atoms with Crippen molar-refractivity contribution in [3.8, 4) is 0 Å². The van der Waals surface area contributed by atoms with E-state index >= 15 is 0 Å². The number of para-hydroxylation sites is 1. The van der Waals surface area contributed by atoms with Crippen LogP contribution in [0.1, 0.15) is 27.7 Å². The Morgan fingerprint density at radius 1 is 0.917 bits per heavy atom. The van der Waals surface area contributed by atoms with E-state index in [9.17, 15) is 0 Å². The van der Waals surface area contributed by atoms with E-state index in [0.29, 0.717) is 11.2 Å². The van der Waals surface area contributed by atoms with E-state index in [4.69, 9.17) is 4.99 Å². The SMILES string of the molecule is c1csc([C@@H]2Sc3ccccc3N=C3c4ccccc4CC[C@H]32)c1. The number of thioether (sulfide) groups is 1. The average Bonchev–Trinajstić information content (AvgIpc) is 3.10. The zero-order chi connectivity index (χ0) is 15.9. The van der Waals surface area contributed by atoms with Gasteiger partial charge < -0.3 is 0 Å². The van der Waals surface area contributed by atoms with Crippen molar-refractivity contribution >= 4 is 34.5 Å². The smallest absolute Gasteiger partial charge is 0.0769 e. The second kappa shape index (κ2) is 5.91. The van der Waals surface area contributed by atoms with E-state index in [1.807, 2.05) is 23.1 Å². The van der Waals surface area contributed by atoms with E-state index in [-0.39, 0.29) is 0 Å². The van der Waals surface area contributed by atoms with Crippen molar-refractivity contribution < 1.29 is 0 Å². The molecule has 0 unspecified atom stereocenters. The van der Waals surface area contributed by atoms with Gasteiger partial charge in [-0.1, -0.05) is 42.5 Å². The maximum absolute atomic E-state index is 5.16. The minimum absolute atomic E-state index is 0.459. The number of rotatable bonds is 1. The zero-order valence-corrected chi connectivity index (χ0v) is 14.8. The van der Waals surface area contributed by atoms with E-state index in [2.05, 4.69) is 66.0 Å². The summed E-state index contributed by atoms with van der Waals surface area (Å²) in [7, 11) is 0. The highest BCUT2D eigenvalue weighted by Gasteiger charge is 2.36. The number of aliphatic imine (C=N–C) groups is 1. The molecular formula is C21H17NS2. The summed E-state index contributed by atoms with van der Waals surface area (Å²) in [4.78, 5) is 7.93. The molecule has 0 N–H and O–H groups in total. The highest BCUT2D eigenvalue weighted by molar-refractivity contribution is 7.99.